The van der Waals surface area contributed by atoms with E-state index in [1.807, 2.05) is 19.1 Å². The number of carbonyl (C=O) groups excluding carboxylic acids is 1. The number of fused-ring (bicyclic) bond motifs is 1. The van der Waals surface area contributed by atoms with Crippen LogP contribution in [0.1, 0.15) is 15.9 Å². The van der Waals surface area contributed by atoms with E-state index in [4.69, 9.17) is 16.3 Å². The zero-order valence-corrected chi connectivity index (χ0v) is 15.7. The lowest BCUT2D eigenvalue weighted by Crippen LogP contribution is -2.14. The van der Waals surface area contributed by atoms with E-state index in [0.29, 0.717) is 10.6 Å². The minimum Gasteiger partial charge on any atom is -0.495 e. The van der Waals surface area contributed by atoms with E-state index >= 15 is 0 Å². The first-order chi connectivity index (χ1) is 12.3. The van der Waals surface area contributed by atoms with Crippen molar-refractivity contribution in [1.82, 2.24) is 4.57 Å². The van der Waals surface area contributed by atoms with Crippen molar-refractivity contribution >= 4 is 44.7 Å². The van der Waals surface area contributed by atoms with E-state index in [9.17, 15) is 14.9 Å². The van der Waals surface area contributed by atoms with E-state index in [1.54, 1.807) is 18.7 Å². The molecule has 134 valence electrons. The number of ether oxygens (including phenoxy) is 1. The summed E-state index contributed by atoms with van der Waals surface area (Å²) in [6.45, 7) is 1.96. The molecular weight excluding hydrogens is 378 g/mol. The first-order valence-corrected chi connectivity index (χ1v) is 8.69. The van der Waals surface area contributed by atoms with Crippen LogP contribution in [-0.2, 0) is 7.05 Å². The molecule has 0 radical (unpaired) electrons. The fourth-order valence-electron chi connectivity index (χ4n) is 2.56. The Hall–Kier alpha value is -2.71. The van der Waals surface area contributed by atoms with E-state index in [-0.39, 0.29) is 16.3 Å². The normalized spacial score (nSPS) is 11.8. The molecule has 0 spiro atoms. The van der Waals surface area contributed by atoms with Gasteiger partial charge in [0.1, 0.15) is 11.3 Å². The number of nitro groups is 1. The highest BCUT2D eigenvalue weighted by molar-refractivity contribution is 7.16. The monoisotopic (exact) mass is 391 g/mol. The largest absolute Gasteiger partial charge is 0.495 e. The molecule has 0 fully saturated rings. The summed E-state index contributed by atoms with van der Waals surface area (Å²) in [7, 11) is 3.36. The molecule has 1 heterocycles. The molecule has 0 aliphatic rings. The van der Waals surface area contributed by atoms with Gasteiger partial charge in [0.05, 0.1) is 27.3 Å². The number of benzene rings is 2. The Bertz CT molecular complexity index is 1120. The van der Waals surface area contributed by atoms with Gasteiger partial charge in [0.2, 0.25) is 0 Å². The molecule has 3 aromatic rings. The predicted molar refractivity (Wildman–Crippen MR) is 100 cm³/mol. The number of aryl methyl sites for hydroxylation is 2. The summed E-state index contributed by atoms with van der Waals surface area (Å²) in [6.07, 6.45) is 0. The summed E-state index contributed by atoms with van der Waals surface area (Å²) in [4.78, 5) is 27.5. The highest BCUT2D eigenvalue weighted by Gasteiger charge is 2.17. The molecule has 2 aromatic carbocycles. The standard InChI is InChI=1S/C17H14ClN3O4S/c1-9-4-7-13(25-3)14-15(9)26-17(20(14)2)19-16(22)11-8-10(21(23)24)5-6-12(11)18/h4-8H,1-3H3. The highest BCUT2D eigenvalue weighted by atomic mass is 35.5. The quantitative estimate of drug-likeness (QED) is 0.501. The second-order valence-corrected chi connectivity index (χ2v) is 6.93. The van der Waals surface area contributed by atoms with Gasteiger partial charge >= 0.3 is 0 Å². The third kappa shape index (κ3) is 3.09. The molecule has 7 nitrogen and oxygen atoms in total. The number of hydrogen-bond donors (Lipinski definition) is 0. The Morgan fingerprint density at radius 1 is 1.35 bits per heavy atom. The summed E-state index contributed by atoms with van der Waals surface area (Å²) < 4.78 is 8.10. The van der Waals surface area contributed by atoms with Crippen molar-refractivity contribution in [3.63, 3.8) is 0 Å². The smallest absolute Gasteiger partial charge is 0.281 e. The number of amides is 1. The van der Waals surface area contributed by atoms with Crippen LogP contribution in [-0.4, -0.2) is 22.5 Å². The Morgan fingerprint density at radius 3 is 2.73 bits per heavy atom. The topological polar surface area (TPSA) is 86.7 Å². The van der Waals surface area contributed by atoms with Crippen molar-refractivity contribution in [1.29, 1.82) is 0 Å². The van der Waals surface area contributed by atoms with Gasteiger partial charge in [0.15, 0.2) is 4.80 Å². The van der Waals surface area contributed by atoms with Crippen LogP contribution < -0.4 is 9.54 Å². The highest BCUT2D eigenvalue weighted by Crippen LogP contribution is 2.30. The van der Waals surface area contributed by atoms with Crippen molar-refractivity contribution < 1.29 is 14.5 Å². The Balaban J connectivity index is 2.18. The number of aromatic nitrogens is 1. The average molecular weight is 392 g/mol. The molecule has 0 saturated carbocycles. The number of rotatable bonds is 3. The molecule has 3 rings (SSSR count). The molecule has 0 unspecified atom stereocenters. The molecule has 26 heavy (non-hydrogen) atoms. The lowest BCUT2D eigenvalue weighted by Gasteiger charge is -2.05. The van der Waals surface area contributed by atoms with Crippen LogP contribution in [0, 0.1) is 17.0 Å². The maximum absolute atomic E-state index is 12.6. The van der Waals surface area contributed by atoms with E-state index in [2.05, 4.69) is 4.99 Å². The fraction of sp³-hybridized carbons (Fsp3) is 0.176. The number of halogens is 1. The van der Waals surface area contributed by atoms with Crippen LogP contribution in [0.3, 0.4) is 0 Å². The van der Waals surface area contributed by atoms with Crippen LogP contribution in [0.5, 0.6) is 5.75 Å². The molecular formula is C17H14ClN3O4S. The van der Waals surface area contributed by atoms with Crippen molar-refractivity contribution in [2.45, 2.75) is 6.92 Å². The SMILES string of the molecule is COc1ccc(C)c2sc(=NC(=O)c3cc([N+](=O)[O-])ccc3Cl)n(C)c12. The lowest BCUT2D eigenvalue weighted by molar-refractivity contribution is -0.384. The summed E-state index contributed by atoms with van der Waals surface area (Å²) in [5.74, 6) is 0.0316. The summed E-state index contributed by atoms with van der Waals surface area (Å²) in [5.41, 5.74) is 1.63. The number of hydrogen-bond acceptors (Lipinski definition) is 5. The molecule has 0 aliphatic carbocycles. The molecule has 1 aromatic heterocycles. The van der Waals surface area contributed by atoms with E-state index in [1.165, 1.54) is 23.5 Å². The van der Waals surface area contributed by atoms with Gasteiger partial charge in [-0.3, -0.25) is 14.9 Å². The first kappa shape index (κ1) is 18.1. The lowest BCUT2D eigenvalue weighted by atomic mass is 10.2. The van der Waals surface area contributed by atoms with E-state index < -0.39 is 10.8 Å². The maximum atomic E-state index is 12.6. The second kappa shape index (κ2) is 6.89. The van der Waals surface area contributed by atoms with Crippen molar-refractivity contribution in [3.05, 3.63) is 61.4 Å². The van der Waals surface area contributed by atoms with Crippen molar-refractivity contribution in [3.8, 4) is 5.75 Å². The third-order valence-corrected chi connectivity index (χ3v) is 5.51. The Labute approximate surface area is 157 Å². The predicted octanol–water partition coefficient (Wildman–Crippen LogP) is 3.86. The zero-order valence-electron chi connectivity index (χ0n) is 14.1. The first-order valence-electron chi connectivity index (χ1n) is 7.49. The average Bonchev–Trinajstić information content (AvgIpc) is 2.93. The molecule has 0 N–H and O–H groups in total. The van der Waals surface area contributed by atoms with Gasteiger partial charge in [-0.2, -0.15) is 4.99 Å². The van der Waals surface area contributed by atoms with Gasteiger partial charge < -0.3 is 9.30 Å². The number of carbonyl (C=O) groups is 1. The van der Waals surface area contributed by atoms with Crippen molar-refractivity contribution in [2.24, 2.45) is 12.0 Å². The van der Waals surface area contributed by atoms with Crippen LogP contribution in [0.2, 0.25) is 5.02 Å². The number of nitro benzene ring substituents is 1. The number of methoxy groups -OCH3 is 1. The van der Waals surface area contributed by atoms with Crippen LogP contribution in [0.25, 0.3) is 10.2 Å². The molecule has 0 atom stereocenters. The Kier molecular flexibility index (Phi) is 4.80. The Morgan fingerprint density at radius 2 is 2.08 bits per heavy atom. The molecule has 1 amide bonds. The molecule has 0 bridgehead atoms. The van der Waals surface area contributed by atoms with Gasteiger partial charge in [0, 0.05) is 19.2 Å². The van der Waals surface area contributed by atoms with Crippen LogP contribution >= 0.6 is 22.9 Å². The maximum Gasteiger partial charge on any atom is 0.281 e. The number of thiazole rings is 1. The molecule has 9 heteroatoms. The summed E-state index contributed by atoms with van der Waals surface area (Å²) in [5, 5.41) is 11.0. The second-order valence-electron chi connectivity index (χ2n) is 5.54. The van der Waals surface area contributed by atoms with Gasteiger partial charge in [0.25, 0.3) is 11.6 Å². The van der Waals surface area contributed by atoms with Crippen LogP contribution in [0.4, 0.5) is 5.69 Å². The molecule has 0 aliphatic heterocycles. The zero-order chi connectivity index (χ0) is 19.0. The minimum absolute atomic E-state index is 0.0120. The number of non-ortho nitro benzene ring substituents is 1. The fourth-order valence-corrected chi connectivity index (χ4v) is 3.86. The van der Waals surface area contributed by atoms with Gasteiger partial charge in [-0.25, -0.2) is 0 Å². The van der Waals surface area contributed by atoms with Gasteiger partial charge in [-0.1, -0.05) is 29.0 Å². The van der Waals surface area contributed by atoms with E-state index in [0.717, 1.165) is 21.8 Å². The summed E-state index contributed by atoms with van der Waals surface area (Å²) in [6, 6.07) is 7.48. The number of nitrogens with zero attached hydrogens (tertiary/aromatic N) is 3. The van der Waals surface area contributed by atoms with Gasteiger partial charge in [-0.05, 0) is 24.6 Å². The third-order valence-electron chi connectivity index (χ3n) is 3.92. The molecule has 0 saturated heterocycles. The van der Waals surface area contributed by atoms with Crippen LogP contribution in [0.15, 0.2) is 35.3 Å². The summed E-state index contributed by atoms with van der Waals surface area (Å²) >= 11 is 7.36. The minimum atomic E-state index is -0.641. The van der Waals surface area contributed by atoms with Crippen molar-refractivity contribution in [2.75, 3.05) is 7.11 Å². The van der Waals surface area contributed by atoms with Gasteiger partial charge in [-0.15, -0.1) is 0 Å².